The molecule has 0 radical (unpaired) electrons. The summed E-state index contributed by atoms with van der Waals surface area (Å²) in [5.41, 5.74) is 2.27. The average Bonchev–Trinajstić information content (AvgIpc) is 2.53. The third kappa shape index (κ3) is 2.36. The first-order valence-corrected chi connectivity index (χ1v) is 6.18. The Kier molecular flexibility index (Phi) is 3.77. The predicted octanol–water partition coefficient (Wildman–Crippen LogP) is 3.11. The fourth-order valence-electron chi connectivity index (χ4n) is 2.03. The number of fused-ring (bicyclic) bond motifs is 1. The molecule has 4 heteroatoms. The maximum Gasteiger partial charge on any atom is 0.158 e. The summed E-state index contributed by atoms with van der Waals surface area (Å²) in [6.45, 7) is 1.94. The summed E-state index contributed by atoms with van der Waals surface area (Å²) >= 11 is 6.21. The molecule has 0 amide bonds. The smallest absolute Gasteiger partial charge is 0.158 e. The molecule has 2 rings (SSSR count). The van der Waals surface area contributed by atoms with E-state index in [1.165, 1.54) is 19.3 Å². The minimum absolute atomic E-state index is 0.0916. The second-order valence-corrected chi connectivity index (χ2v) is 4.59. The van der Waals surface area contributed by atoms with Gasteiger partial charge < -0.3 is 4.74 Å². The van der Waals surface area contributed by atoms with Crippen LogP contribution in [0, 0.1) is 0 Å². The largest absolute Gasteiger partial charge is 0.374 e. The molecule has 1 aromatic rings. The van der Waals surface area contributed by atoms with Crippen molar-refractivity contribution in [1.29, 1.82) is 0 Å². The summed E-state index contributed by atoms with van der Waals surface area (Å²) in [6.07, 6.45) is 5.57. The number of hydrogen-bond donors (Lipinski definition) is 0. The topological polar surface area (TPSA) is 35.0 Å². The molecule has 0 aliphatic heterocycles. The fourth-order valence-corrected chi connectivity index (χ4v) is 2.32. The average molecular weight is 241 g/mol. The van der Waals surface area contributed by atoms with Crippen molar-refractivity contribution in [2.75, 3.05) is 7.11 Å². The molecule has 0 fully saturated rings. The van der Waals surface area contributed by atoms with Crippen LogP contribution in [0.3, 0.4) is 0 Å². The Balaban J connectivity index is 2.39. The van der Waals surface area contributed by atoms with E-state index < -0.39 is 0 Å². The number of ether oxygens (including phenoxy) is 1. The van der Waals surface area contributed by atoms with E-state index in [1.807, 2.05) is 6.92 Å². The van der Waals surface area contributed by atoms with Crippen LogP contribution in [-0.2, 0) is 17.6 Å². The van der Waals surface area contributed by atoms with Gasteiger partial charge in [-0.05, 0) is 32.6 Å². The minimum atomic E-state index is -0.0916. The molecule has 0 saturated heterocycles. The van der Waals surface area contributed by atoms with Crippen molar-refractivity contribution in [3.05, 3.63) is 22.2 Å². The molecule has 0 saturated carbocycles. The third-order valence-corrected chi connectivity index (χ3v) is 3.43. The second kappa shape index (κ2) is 5.11. The predicted molar refractivity (Wildman–Crippen MR) is 63.7 cm³/mol. The molecule has 1 aliphatic rings. The highest BCUT2D eigenvalue weighted by Crippen LogP contribution is 2.26. The molecule has 1 heterocycles. The van der Waals surface area contributed by atoms with Crippen molar-refractivity contribution in [3.63, 3.8) is 0 Å². The molecule has 88 valence electrons. The quantitative estimate of drug-likeness (QED) is 0.589. The summed E-state index contributed by atoms with van der Waals surface area (Å²) in [7, 11) is 1.66. The molecule has 1 aliphatic carbocycles. The van der Waals surface area contributed by atoms with Crippen LogP contribution in [0.1, 0.15) is 49.4 Å². The molecule has 0 aromatic carbocycles. The fraction of sp³-hybridized carbons (Fsp3) is 0.667. The molecule has 0 N–H and O–H groups in total. The van der Waals surface area contributed by atoms with Crippen LogP contribution in [0.4, 0.5) is 0 Å². The van der Waals surface area contributed by atoms with Gasteiger partial charge in [0.2, 0.25) is 0 Å². The van der Waals surface area contributed by atoms with Gasteiger partial charge in [0.25, 0.3) is 0 Å². The summed E-state index contributed by atoms with van der Waals surface area (Å²) in [6, 6.07) is 0. The zero-order valence-corrected chi connectivity index (χ0v) is 10.5. The SMILES string of the molecule is COC(C)c1nc(Cl)c2c(n1)CCCCC2. The highest BCUT2D eigenvalue weighted by atomic mass is 35.5. The first-order valence-electron chi connectivity index (χ1n) is 5.80. The lowest BCUT2D eigenvalue weighted by atomic mass is 10.1. The number of rotatable bonds is 2. The Morgan fingerprint density at radius 1 is 1.19 bits per heavy atom. The van der Waals surface area contributed by atoms with Crippen LogP contribution >= 0.6 is 11.6 Å². The number of halogens is 1. The van der Waals surface area contributed by atoms with Crippen LogP contribution in [0.25, 0.3) is 0 Å². The van der Waals surface area contributed by atoms with E-state index >= 15 is 0 Å². The van der Waals surface area contributed by atoms with Gasteiger partial charge in [0.15, 0.2) is 5.82 Å². The van der Waals surface area contributed by atoms with E-state index in [4.69, 9.17) is 16.3 Å². The van der Waals surface area contributed by atoms with Gasteiger partial charge in [0, 0.05) is 18.4 Å². The number of methoxy groups -OCH3 is 1. The molecular weight excluding hydrogens is 224 g/mol. The van der Waals surface area contributed by atoms with Gasteiger partial charge in [-0.25, -0.2) is 9.97 Å². The van der Waals surface area contributed by atoms with E-state index in [0.29, 0.717) is 11.0 Å². The number of hydrogen-bond acceptors (Lipinski definition) is 3. The lowest BCUT2D eigenvalue weighted by molar-refractivity contribution is 0.112. The van der Waals surface area contributed by atoms with Crippen LogP contribution in [0.15, 0.2) is 0 Å². The lowest BCUT2D eigenvalue weighted by Gasteiger charge is -2.12. The maximum atomic E-state index is 6.21. The minimum Gasteiger partial charge on any atom is -0.374 e. The van der Waals surface area contributed by atoms with Crippen LogP contribution in [0.5, 0.6) is 0 Å². The molecule has 1 aromatic heterocycles. The van der Waals surface area contributed by atoms with Gasteiger partial charge in [-0.2, -0.15) is 0 Å². The molecule has 0 bridgehead atoms. The first kappa shape index (κ1) is 11.8. The first-order chi connectivity index (χ1) is 7.72. The Labute approximate surface area is 101 Å². The van der Waals surface area contributed by atoms with Crippen LogP contribution in [-0.4, -0.2) is 17.1 Å². The Bertz CT molecular complexity index is 382. The molecule has 1 unspecified atom stereocenters. The summed E-state index contributed by atoms with van der Waals surface area (Å²) < 4.78 is 5.23. The van der Waals surface area contributed by atoms with E-state index in [1.54, 1.807) is 7.11 Å². The molecule has 0 spiro atoms. The van der Waals surface area contributed by atoms with Crippen molar-refractivity contribution in [1.82, 2.24) is 9.97 Å². The van der Waals surface area contributed by atoms with Crippen molar-refractivity contribution < 1.29 is 4.74 Å². The molecular formula is C12H17ClN2O. The monoisotopic (exact) mass is 240 g/mol. The second-order valence-electron chi connectivity index (χ2n) is 4.24. The van der Waals surface area contributed by atoms with Crippen LogP contribution < -0.4 is 0 Å². The molecule has 1 atom stereocenters. The van der Waals surface area contributed by atoms with E-state index in [0.717, 1.165) is 24.1 Å². The van der Waals surface area contributed by atoms with Gasteiger partial charge >= 0.3 is 0 Å². The van der Waals surface area contributed by atoms with E-state index in [9.17, 15) is 0 Å². The van der Waals surface area contributed by atoms with E-state index in [2.05, 4.69) is 9.97 Å². The van der Waals surface area contributed by atoms with Gasteiger partial charge in [0.1, 0.15) is 11.3 Å². The van der Waals surface area contributed by atoms with E-state index in [-0.39, 0.29) is 6.10 Å². The van der Waals surface area contributed by atoms with Crippen LogP contribution in [0.2, 0.25) is 5.15 Å². The number of aromatic nitrogens is 2. The Morgan fingerprint density at radius 2 is 1.94 bits per heavy atom. The number of nitrogens with zero attached hydrogens (tertiary/aromatic N) is 2. The standard InChI is InChI=1S/C12H17ClN2O/c1-8(16-2)12-14-10-7-5-3-4-6-9(10)11(13)15-12/h8H,3-7H2,1-2H3. The zero-order valence-electron chi connectivity index (χ0n) is 9.79. The number of aryl methyl sites for hydroxylation is 1. The van der Waals surface area contributed by atoms with Crippen molar-refractivity contribution in [2.45, 2.75) is 45.1 Å². The molecule has 16 heavy (non-hydrogen) atoms. The zero-order chi connectivity index (χ0) is 11.5. The highest BCUT2D eigenvalue weighted by molar-refractivity contribution is 6.30. The van der Waals surface area contributed by atoms with Gasteiger partial charge in [-0.1, -0.05) is 18.0 Å². The summed E-state index contributed by atoms with van der Waals surface area (Å²) in [4.78, 5) is 8.91. The lowest BCUT2D eigenvalue weighted by Crippen LogP contribution is -2.08. The van der Waals surface area contributed by atoms with Crippen molar-refractivity contribution in [2.24, 2.45) is 0 Å². The third-order valence-electron chi connectivity index (χ3n) is 3.12. The Morgan fingerprint density at radius 3 is 2.69 bits per heavy atom. The van der Waals surface area contributed by atoms with Gasteiger partial charge in [0.05, 0.1) is 0 Å². The normalized spacial score (nSPS) is 17.7. The highest BCUT2D eigenvalue weighted by Gasteiger charge is 2.17. The Hall–Kier alpha value is -0.670. The van der Waals surface area contributed by atoms with Crippen molar-refractivity contribution in [3.8, 4) is 0 Å². The molecule has 3 nitrogen and oxygen atoms in total. The van der Waals surface area contributed by atoms with Gasteiger partial charge in [-0.3, -0.25) is 0 Å². The van der Waals surface area contributed by atoms with Crippen molar-refractivity contribution >= 4 is 11.6 Å². The summed E-state index contributed by atoms with van der Waals surface area (Å²) in [5.74, 6) is 0.702. The van der Waals surface area contributed by atoms with Gasteiger partial charge in [-0.15, -0.1) is 0 Å². The maximum absolute atomic E-state index is 6.21. The summed E-state index contributed by atoms with van der Waals surface area (Å²) in [5, 5.41) is 0.616.